The first-order valence-corrected chi connectivity index (χ1v) is 7.53. The van der Waals surface area contributed by atoms with Crippen molar-refractivity contribution in [3.63, 3.8) is 0 Å². The highest BCUT2D eigenvalue weighted by molar-refractivity contribution is 6.40. The molecule has 0 aliphatic carbocycles. The minimum absolute atomic E-state index is 0.196. The zero-order valence-electron chi connectivity index (χ0n) is 10.3. The molecule has 0 aliphatic rings. The van der Waals surface area contributed by atoms with E-state index in [-0.39, 0.29) is 33.2 Å². The molecule has 2 nitrogen and oxygen atoms in total. The molecule has 0 bridgehead atoms. The van der Waals surface area contributed by atoms with E-state index in [9.17, 15) is 4.79 Å². The molecule has 7 heteroatoms. The van der Waals surface area contributed by atoms with Crippen molar-refractivity contribution < 1.29 is 9.53 Å². The van der Waals surface area contributed by atoms with Crippen LogP contribution in [-0.2, 0) is 0 Å². The first-order valence-electron chi connectivity index (χ1n) is 5.64. The van der Waals surface area contributed by atoms with E-state index in [1.54, 1.807) is 6.07 Å². The van der Waals surface area contributed by atoms with Crippen molar-refractivity contribution in [3.05, 3.63) is 61.0 Å². The zero-order valence-corrected chi connectivity index (χ0v) is 14.1. The maximum atomic E-state index is 12.1. The van der Waals surface area contributed by atoms with Gasteiger partial charge in [-0.05, 0) is 30.3 Å². The number of benzene rings is 2. The van der Waals surface area contributed by atoms with Crippen LogP contribution in [0.1, 0.15) is 10.4 Å². The van der Waals surface area contributed by atoms with Crippen molar-refractivity contribution in [2.24, 2.45) is 0 Å². The molecule has 2 rings (SSSR count). The van der Waals surface area contributed by atoms with Crippen molar-refractivity contribution in [3.8, 4) is 5.75 Å². The Morgan fingerprint density at radius 2 is 1.43 bits per heavy atom. The van der Waals surface area contributed by atoms with Crippen LogP contribution in [0.4, 0.5) is 0 Å². The van der Waals surface area contributed by atoms with E-state index in [0.29, 0.717) is 15.6 Å². The molecule has 0 aromatic heterocycles. The molecule has 110 valence electrons. The summed E-state index contributed by atoms with van der Waals surface area (Å²) in [5, 5.41) is 1.53. The number of carbonyl (C=O) groups excluding carboxylic acids is 1. The lowest BCUT2D eigenvalue weighted by atomic mass is 10.1. The Hall–Kier alpha value is -0.640. The lowest BCUT2D eigenvalue weighted by molar-refractivity contribution is 0.0922. The summed E-state index contributed by atoms with van der Waals surface area (Å²) in [4.78, 5) is 12.1. The standard InChI is InChI=1S/C14H7Cl5O2/c15-7-1-2-9(10(17)3-7)13(20)6-21-14-11(18)4-8(16)5-12(14)19/h1-5H,6H2. The molecule has 0 fully saturated rings. The summed E-state index contributed by atoms with van der Waals surface area (Å²) in [6, 6.07) is 7.54. The summed E-state index contributed by atoms with van der Waals surface area (Å²) in [5.74, 6) is -0.125. The highest BCUT2D eigenvalue weighted by Crippen LogP contribution is 2.36. The Kier molecular flexibility index (Phi) is 5.64. The number of rotatable bonds is 4. The van der Waals surface area contributed by atoms with Crippen molar-refractivity contribution >= 4 is 63.8 Å². The van der Waals surface area contributed by atoms with Crippen LogP contribution in [0.25, 0.3) is 0 Å². The van der Waals surface area contributed by atoms with E-state index in [0.717, 1.165) is 0 Å². The quantitative estimate of drug-likeness (QED) is 0.585. The summed E-state index contributed by atoms with van der Waals surface area (Å²) < 4.78 is 5.36. The maximum Gasteiger partial charge on any atom is 0.201 e. The summed E-state index contributed by atoms with van der Waals surface area (Å²) in [6.45, 7) is -0.261. The average Bonchev–Trinajstić information content (AvgIpc) is 2.36. The van der Waals surface area contributed by atoms with Gasteiger partial charge in [-0.15, -0.1) is 0 Å². The fourth-order valence-electron chi connectivity index (χ4n) is 1.60. The molecule has 0 atom stereocenters. The molecule has 0 aliphatic heterocycles. The van der Waals surface area contributed by atoms with Gasteiger partial charge in [-0.25, -0.2) is 0 Å². The van der Waals surface area contributed by atoms with Gasteiger partial charge in [-0.3, -0.25) is 4.79 Å². The number of ether oxygens (including phenoxy) is 1. The van der Waals surface area contributed by atoms with Crippen molar-refractivity contribution in [1.29, 1.82) is 0 Å². The van der Waals surface area contributed by atoms with E-state index in [1.807, 2.05) is 0 Å². The SMILES string of the molecule is O=C(COc1c(Cl)cc(Cl)cc1Cl)c1ccc(Cl)cc1Cl. The van der Waals surface area contributed by atoms with E-state index in [1.165, 1.54) is 24.3 Å². The average molecular weight is 384 g/mol. The third kappa shape index (κ3) is 4.18. The van der Waals surface area contributed by atoms with Gasteiger partial charge >= 0.3 is 0 Å². The van der Waals surface area contributed by atoms with Crippen molar-refractivity contribution in [1.82, 2.24) is 0 Å². The predicted octanol–water partition coefficient (Wildman–Crippen LogP) is 6.22. The molecular weight excluding hydrogens is 377 g/mol. The molecule has 0 amide bonds. The summed E-state index contributed by atoms with van der Waals surface area (Å²) >= 11 is 29.5. The highest BCUT2D eigenvalue weighted by Gasteiger charge is 2.15. The fraction of sp³-hybridized carbons (Fsp3) is 0.0714. The van der Waals surface area contributed by atoms with Crippen LogP contribution in [0.15, 0.2) is 30.3 Å². The normalized spacial score (nSPS) is 10.5. The van der Waals surface area contributed by atoms with Crippen molar-refractivity contribution in [2.75, 3.05) is 6.61 Å². The van der Waals surface area contributed by atoms with E-state index < -0.39 is 0 Å². The van der Waals surface area contributed by atoms with Crippen LogP contribution >= 0.6 is 58.0 Å². The maximum absolute atomic E-state index is 12.1. The summed E-state index contributed by atoms with van der Waals surface area (Å²) in [5.41, 5.74) is 0.308. The second-order valence-electron chi connectivity index (χ2n) is 4.03. The van der Waals surface area contributed by atoms with Crippen LogP contribution < -0.4 is 4.74 Å². The lowest BCUT2D eigenvalue weighted by Crippen LogP contribution is -2.12. The molecule has 0 saturated heterocycles. The molecule has 0 saturated carbocycles. The minimum Gasteiger partial charge on any atom is -0.482 e. The number of hydrogen-bond acceptors (Lipinski definition) is 2. The van der Waals surface area contributed by atoms with Crippen LogP contribution in [0.2, 0.25) is 25.1 Å². The van der Waals surface area contributed by atoms with Gasteiger partial charge < -0.3 is 4.74 Å². The Morgan fingerprint density at radius 3 is 2.00 bits per heavy atom. The molecule has 0 radical (unpaired) electrons. The number of ketones is 1. The summed E-state index contributed by atoms with van der Waals surface area (Å²) in [6.07, 6.45) is 0. The lowest BCUT2D eigenvalue weighted by Gasteiger charge is -2.10. The number of halogens is 5. The van der Waals surface area contributed by atoms with Gasteiger partial charge in [-0.1, -0.05) is 58.0 Å². The molecule has 0 unspecified atom stereocenters. The molecule has 0 heterocycles. The monoisotopic (exact) mass is 382 g/mol. The van der Waals surface area contributed by atoms with E-state index in [2.05, 4.69) is 0 Å². The Morgan fingerprint density at radius 1 is 0.857 bits per heavy atom. The molecule has 2 aromatic carbocycles. The smallest absolute Gasteiger partial charge is 0.201 e. The van der Waals surface area contributed by atoms with Gasteiger partial charge in [0.15, 0.2) is 12.4 Å². The van der Waals surface area contributed by atoms with Crippen LogP contribution in [0.3, 0.4) is 0 Å². The summed E-state index contributed by atoms with van der Waals surface area (Å²) in [7, 11) is 0. The van der Waals surface area contributed by atoms with Crippen LogP contribution in [0.5, 0.6) is 5.75 Å². The molecule has 21 heavy (non-hydrogen) atoms. The van der Waals surface area contributed by atoms with Gasteiger partial charge in [0.2, 0.25) is 5.78 Å². The van der Waals surface area contributed by atoms with Crippen LogP contribution in [0, 0.1) is 0 Å². The topological polar surface area (TPSA) is 26.3 Å². The van der Waals surface area contributed by atoms with Gasteiger partial charge in [0, 0.05) is 15.6 Å². The van der Waals surface area contributed by atoms with Gasteiger partial charge in [0.05, 0.1) is 15.1 Å². The second kappa shape index (κ2) is 7.08. The highest BCUT2D eigenvalue weighted by atomic mass is 35.5. The number of carbonyl (C=O) groups is 1. The van der Waals surface area contributed by atoms with E-state index >= 15 is 0 Å². The second-order valence-corrected chi connectivity index (χ2v) is 6.13. The minimum atomic E-state index is -0.321. The first kappa shape index (κ1) is 16.7. The van der Waals surface area contributed by atoms with Crippen LogP contribution in [-0.4, -0.2) is 12.4 Å². The Balaban J connectivity index is 2.15. The Labute approximate surface area is 146 Å². The fourth-order valence-corrected chi connectivity index (χ4v) is 3.04. The van der Waals surface area contributed by atoms with Gasteiger partial charge in [0.1, 0.15) is 0 Å². The third-order valence-electron chi connectivity index (χ3n) is 2.54. The molecule has 0 spiro atoms. The number of Topliss-reactive ketones (excluding diaryl/α,β-unsaturated/α-hetero) is 1. The molecular formula is C14H7Cl5O2. The van der Waals surface area contributed by atoms with Crippen molar-refractivity contribution in [2.45, 2.75) is 0 Å². The van der Waals surface area contributed by atoms with Gasteiger partial charge in [0.25, 0.3) is 0 Å². The largest absolute Gasteiger partial charge is 0.482 e. The first-order chi connectivity index (χ1) is 9.88. The predicted molar refractivity (Wildman–Crippen MR) is 87.8 cm³/mol. The zero-order chi connectivity index (χ0) is 15.6. The molecule has 0 N–H and O–H groups in total. The number of hydrogen-bond donors (Lipinski definition) is 0. The Bertz CT molecular complexity index is 677. The third-order valence-corrected chi connectivity index (χ3v) is 3.87. The van der Waals surface area contributed by atoms with E-state index in [4.69, 9.17) is 62.7 Å². The van der Waals surface area contributed by atoms with Gasteiger partial charge in [-0.2, -0.15) is 0 Å². The molecule has 2 aromatic rings.